The lowest BCUT2D eigenvalue weighted by Gasteiger charge is -2.49. The van der Waals surface area contributed by atoms with E-state index in [1.54, 1.807) is 37.3 Å². The number of hydrogen-bond acceptors (Lipinski definition) is 8. The number of carbonyl (C=O) groups excluding carboxylic acids is 4. The Balaban J connectivity index is 1.76. The molecule has 3 amide bonds. The molecule has 0 radical (unpaired) electrons. The maximum absolute atomic E-state index is 12.7. The van der Waals surface area contributed by atoms with Crippen LogP contribution in [0.1, 0.15) is 18.6 Å². The second kappa shape index (κ2) is 9.51. The van der Waals surface area contributed by atoms with E-state index >= 15 is 0 Å². The molecule has 1 saturated heterocycles. The summed E-state index contributed by atoms with van der Waals surface area (Å²) in [4.78, 5) is 60.6. The highest BCUT2D eigenvalue weighted by Crippen LogP contribution is 2.40. The first-order valence-electron chi connectivity index (χ1n) is 9.18. The third-order valence-electron chi connectivity index (χ3n) is 4.53. The van der Waals surface area contributed by atoms with Gasteiger partial charge in [0.1, 0.15) is 11.4 Å². The Morgan fingerprint density at radius 2 is 2.03 bits per heavy atom. The van der Waals surface area contributed by atoms with Gasteiger partial charge in [-0.25, -0.2) is 9.59 Å². The number of carbonyl (C=O) groups is 5. The fourth-order valence-electron chi connectivity index (χ4n) is 3.21. The summed E-state index contributed by atoms with van der Waals surface area (Å²) < 4.78 is 9.64. The van der Waals surface area contributed by atoms with Crippen LogP contribution in [0.25, 0.3) is 0 Å². The van der Waals surface area contributed by atoms with Crippen LogP contribution in [0.5, 0.6) is 0 Å². The van der Waals surface area contributed by atoms with Crippen LogP contribution in [-0.2, 0) is 28.7 Å². The van der Waals surface area contributed by atoms with Crippen LogP contribution in [0.2, 0.25) is 0 Å². The first kappa shape index (κ1) is 22.2. The van der Waals surface area contributed by atoms with E-state index in [4.69, 9.17) is 9.47 Å². The van der Waals surface area contributed by atoms with Crippen LogP contribution >= 0.6 is 11.8 Å². The van der Waals surface area contributed by atoms with Gasteiger partial charge in [0.2, 0.25) is 6.10 Å². The minimum absolute atomic E-state index is 0.0248. The molecule has 3 atom stereocenters. The van der Waals surface area contributed by atoms with Crippen molar-refractivity contribution in [3.05, 3.63) is 47.3 Å². The summed E-state index contributed by atoms with van der Waals surface area (Å²) in [5.41, 5.74) is 0.0619. The molecule has 2 unspecified atom stereocenters. The van der Waals surface area contributed by atoms with Gasteiger partial charge in [-0.1, -0.05) is 30.3 Å². The van der Waals surface area contributed by atoms with Gasteiger partial charge in [0, 0.05) is 11.3 Å². The summed E-state index contributed by atoms with van der Waals surface area (Å²) in [6.45, 7) is 1.83. The average molecular weight is 449 g/mol. The summed E-state index contributed by atoms with van der Waals surface area (Å²) in [5.74, 6) is -2.70. The number of thioether (sulfide) groups is 1. The van der Waals surface area contributed by atoms with Crippen molar-refractivity contribution in [3.8, 4) is 0 Å². The molecule has 2 aliphatic rings. The fourth-order valence-corrected chi connectivity index (χ4v) is 4.49. The molecule has 1 aromatic carbocycles. The van der Waals surface area contributed by atoms with Gasteiger partial charge in [-0.05, 0) is 6.92 Å². The molecule has 3 rings (SSSR count). The predicted octanol–water partition coefficient (Wildman–Crippen LogP) is 0.343. The van der Waals surface area contributed by atoms with Gasteiger partial charge in [-0.2, -0.15) is 0 Å². The number of benzene rings is 1. The maximum atomic E-state index is 12.7. The van der Waals surface area contributed by atoms with Crippen molar-refractivity contribution >= 4 is 42.1 Å². The summed E-state index contributed by atoms with van der Waals surface area (Å²) in [6, 6.07) is 7.23. The molecule has 0 aromatic heterocycles. The van der Waals surface area contributed by atoms with Gasteiger partial charge in [0.25, 0.3) is 18.3 Å². The minimum Gasteiger partial charge on any atom is -0.477 e. The van der Waals surface area contributed by atoms with Crippen molar-refractivity contribution in [2.24, 2.45) is 0 Å². The van der Waals surface area contributed by atoms with E-state index in [0.29, 0.717) is 5.56 Å². The van der Waals surface area contributed by atoms with Gasteiger partial charge < -0.3 is 19.9 Å². The summed E-state index contributed by atoms with van der Waals surface area (Å²) in [5, 5.41) is 13.7. The molecule has 11 nitrogen and oxygen atoms in total. The number of aliphatic carboxylic acids is 1. The molecule has 31 heavy (non-hydrogen) atoms. The Labute approximate surface area is 180 Å². The molecule has 0 spiro atoms. The quantitative estimate of drug-likeness (QED) is 0.377. The van der Waals surface area contributed by atoms with Crippen molar-refractivity contribution in [2.75, 3.05) is 12.4 Å². The highest BCUT2D eigenvalue weighted by atomic mass is 32.2. The van der Waals surface area contributed by atoms with E-state index in [0.717, 1.165) is 4.90 Å². The topological polar surface area (TPSA) is 151 Å². The maximum Gasteiger partial charge on any atom is 0.411 e. The van der Waals surface area contributed by atoms with Crippen LogP contribution < -0.4 is 10.6 Å². The van der Waals surface area contributed by atoms with Crippen molar-refractivity contribution in [1.82, 2.24) is 15.5 Å². The number of carboxylic acid groups (broad SMARTS) is 1. The standard InChI is InChI=1S/C19H19N3O8S/c1-2-29-19(28)20-11-8-31-17-12(16(25)22(17)13(11)18(26)27)21-15(24)14(30-9-23)10-6-4-3-5-7-10/h3-7,9,12,14,17H,2,8H2,1H3,(H,20,28)(H,21,24)(H,26,27)/t12?,14?,17-/m0/s1. The Kier molecular flexibility index (Phi) is 6.80. The number of fused-ring (bicyclic) bond motifs is 1. The molecule has 0 saturated carbocycles. The molecular weight excluding hydrogens is 430 g/mol. The molecular formula is C19H19N3O8S. The van der Waals surface area contributed by atoms with Crippen molar-refractivity contribution in [1.29, 1.82) is 0 Å². The first-order chi connectivity index (χ1) is 14.9. The number of amides is 3. The monoisotopic (exact) mass is 449 g/mol. The van der Waals surface area contributed by atoms with E-state index in [1.165, 1.54) is 11.8 Å². The van der Waals surface area contributed by atoms with Crippen LogP contribution in [0, 0.1) is 0 Å². The van der Waals surface area contributed by atoms with Crippen LogP contribution in [-0.4, -0.2) is 64.1 Å². The number of alkyl carbamates (subject to hydrolysis) is 1. The van der Waals surface area contributed by atoms with Gasteiger partial charge in [0.05, 0.1) is 12.3 Å². The summed E-state index contributed by atoms with van der Waals surface area (Å²) in [7, 11) is 0. The predicted molar refractivity (Wildman–Crippen MR) is 106 cm³/mol. The molecule has 0 bridgehead atoms. The summed E-state index contributed by atoms with van der Waals surface area (Å²) in [6.07, 6.45) is -2.09. The minimum atomic E-state index is -1.40. The Morgan fingerprint density at radius 3 is 2.65 bits per heavy atom. The normalized spacial score (nSPS) is 20.7. The molecule has 0 aliphatic carbocycles. The van der Waals surface area contributed by atoms with E-state index in [2.05, 4.69) is 10.6 Å². The molecule has 1 aromatic rings. The number of β-lactam (4-membered cyclic amide) rings is 1. The number of nitrogens with zero attached hydrogens (tertiary/aromatic N) is 1. The van der Waals surface area contributed by atoms with Crippen molar-refractivity contribution in [2.45, 2.75) is 24.4 Å². The lowest BCUT2D eigenvalue weighted by atomic mass is 10.0. The zero-order valence-corrected chi connectivity index (χ0v) is 17.1. The van der Waals surface area contributed by atoms with Crippen LogP contribution in [0.15, 0.2) is 41.7 Å². The Hall–Kier alpha value is -3.54. The highest BCUT2D eigenvalue weighted by Gasteiger charge is 2.55. The number of rotatable bonds is 8. The number of hydrogen-bond donors (Lipinski definition) is 3. The average Bonchev–Trinajstić information content (AvgIpc) is 2.75. The van der Waals surface area contributed by atoms with E-state index in [1.807, 2.05) is 0 Å². The zero-order valence-electron chi connectivity index (χ0n) is 16.3. The Morgan fingerprint density at radius 1 is 1.32 bits per heavy atom. The lowest BCUT2D eigenvalue weighted by molar-refractivity contribution is -0.154. The van der Waals surface area contributed by atoms with Gasteiger partial charge in [-0.15, -0.1) is 11.8 Å². The lowest BCUT2D eigenvalue weighted by Crippen LogP contribution is -2.71. The van der Waals surface area contributed by atoms with Crippen LogP contribution in [0.3, 0.4) is 0 Å². The number of ether oxygens (including phenoxy) is 2. The molecule has 3 N–H and O–H groups in total. The molecule has 2 heterocycles. The molecule has 164 valence electrons. The molecule has 2 aliphatic heterocycles. The van der Waals surface area contributed by atoms with Crippen molar-refractivity contribution < 1.29 is 38.6 Å². The zero-order chi connectivity index (χ0) is 22.5. The fraction of sp³-hybridized carbons (Fsp3) is 0.316. The third kappa shape index (κ3) is 4.48. The first-order valence-corrected chi connectivity index (χ1v) is 10.2. The van der Waals surface area contributed by atoms with E-state index in [-0.39, 0.29) is 30.2 Å². The molecule has 1 fully saturated rings. The molecule has 12 heteroatoms. The Bertz CT molecular complexity index is 935. The largest absolute Gasteiger partial charge is 0.477 e. The summed E-state index contributed by atoms with van der Waals surface area (Å²) >= 11 is 1.17. The SMILES string of the molecule is CCOC(=O)NC1=C(C(=O)O)N2C(=O)C(NC(=O)C(OC=O)c3ccccc3)[C@@H]2SC1. The van der Waals surface area contributed by atoms with E-state index < -0.39 is 41.4 Å². The number of carboxylic acids is 1. The third-order valence-corrected chi connectivity index (χ3v) is 5.81. The van der Waals surface area contributed by atoms with Gasteiger partial charge >= 0.3 is 12.1 Å². The van der Waals surface area contributed by atoms with Gasteiger partial charge in [0.15, 0.2) is 5.70 Å². The smallest absolute Gasteiger partial charge is 0.411 e. The van der Waals surface area contributed by atoms with E-state index in [9.17, 15) is 29.1 Å². The van der Waals surface area contributed by atoms with Gasteiger partial charge in [-0.3, -0.25) is 24.6 Å². The van der Waals surface area contributed by atoms with Crippen LogP contribution in [0.4, 0.5) is 4.79 Å². The van der Waals surface area contributed by atoms with Crippen molar-refractivity contribution in [3.63, 3.8) is 0 Å². The highest BCUT2D eigenvalue weighted by molar-refractivity contribution is 8.00. The number of nitrogens with one attached hydrogen (secondary N) is 2. The second-order valence-corrected chi connectivity index (χ2v) is 7.50. The second-order valence-electron chi connectivity index (χ2n) is 6.40.